The Morgan fingerprint density at radius 2 is 2.31 bits per heavy atom. The topological polar surface area (TPSA) is 51.8 Å². The number of thiophene rings is 1. The van der Waals surface area contributed by atoms with Crippen molar-refractivity contribution in [3.8, 4) is 0 Å². The molecule has 66 valence electrons. The van der Waals surface area contributed by atoms with Crippen LogP contribution < -0.4 is 5.73 Å². The van der Waals surface area contributed by atoms with Crippen LogP contribution >= 0.6 is 11.3 Å². The molecule has 2 rings (SSSR count). The number of nitrogens with two attached hydrogens (primary N) is 1. The van der Waals surface area contributed by atoms with Crippen molar-refractivity contribution < 1.29 is 0 Å². The molecule has 3 nitrogen and oxygen atoms in total. The van der Waals surface area contributed by atoms with Gasteiger partial charge in [0.05, 0.1) is 11.7 Å². The van der Waals surface area contributed by atoms with Crippen LogP contribution in [0.25, 0.3) is 0 Å². The lowest BCUT2D eigenvalue weighted by Gasteiger charge is -2.07. The van der Waals surface area contributed by atoms with E-state index in [-0.39, 0.29) is 6.04 Å². The summed E-state index contributed by atoms with van der Waals surface area (Å²) in [6.07, 6.45) is 3.22. The summed E-state index contributed by atoms with van der Waals surface area (Å²) in [7, 11) is 0. The Bertz CT molecular complexity index is 358. The molecular formula is C9H9N3S. The Balaban J connectivity index is 2.29. The van der Waals surface area contributed by atoms with E-state index in [0.717, 1.165) is 11.3 Å². The van der Waals surface area contributed by atoms with Crippen LogP contribution in [0.1, 0.15) is 17.3 Å². The smallest absolute Gasteiger partial charge is 0.115 e. The number of rotatable bonds is 2. The first-order valence-electron chi connectivity index (χ1n) is 3.91. The average Bonchev–Trinajstić information content (AvgIpc) is 2.71. The third-order valence-electron chi connectivity index (χ3n) is 1.83. The fourth-order valence-corrected chi connectivity index (χ4v) is 1.80. The maximum atomic E-state index is 5.98. The number of nitrogens with zero attached hydrogens (tertiary/aromatic N) is 2. The summed E-state index contributed by atoms with van der Waals surface area (Å²) in [5.74, 6) is 0. The molecule has 0 aliphatic rings. The average molecular weight is 191 g/mol. The lowest BCUT2D eigenvalue weighted by Crippen LogP contribution is -2.12. The Hall–Kier alpha value is -1.26. The van der Waals surface area contributed by atoms with Crippen molar-refractivity contribution in [2.75, 3.05) is 0 Å². The van der Waals surface area contributed by atoms with Crippen molar-refractivity contribution in [2.45, 2.75) is 6.04 Å². The van der Waals surface area contributed by atoms with Gasteiger partial charge in [0.25, 0.3) is 0 Å². The van der Waals surface area contributed by atoms with Crippen molar-refractivity contribution >= 4 is 11.3 Å². The van der Waals surface area contributed by atoms with Gasteiger partial charge in [0, 0.05) is 6.20 Å². The zero-order valence-electron chi connectivity index (χ0n) is 6.92. The highest BCUT2D eigenvalue weighted by Crippen LogP contribution is 2.18. The van der Waals surface area contributed by atoms with Gasteiger partial charge in [-0.1, -0.05) is 0 Å². The summed E-state index contributed by atoms with van der Waals surface area (Å²) in [4.78, 5) is 7.95. The van der Waals surface area contributed by atoms with Crippen molar-refractivity contribution in [1.29, 1.82) is 0 Å². The van der Waals surface area contributed by atoms with E-state index >= 15 is 0 Å². The van der Waals surface area contributed by atoms with E-state index in [2.05, 4.69) is 9.97 Å². The molecular weight excluding hydrogens is 182 g/mol. The second kappa shape index (κ2) is 3.64. The molecule has 0 aromatic carbocycles. The largest absolute Gasteiger partial charge is 0.319 e. The molecule has 0 bridgehead atoms. The summed E-state index contributed by atoms with van der Waals surface area (Å²) < 4.78 is 0. The highest BCUT2D eigenvalue weighted by molar-refractivity contribution is 7.07. The Labute approximate surface area is 80.3 Å². The van der Waals surface area contributed by atoms with Crippen molar-refractivity contribution in [3.63, 3.8) is 0 Å². The molecule has 1 atom stereocenters. The van der Waals surface area contributed by atoms with Crippen LogP contribution in [0.15, 0.2) is 35.4 Å². The number of hydrogen-bond donors (Lipinski definition) is 1. The van der Waals surface area contributed by atoms with Crippen molar-refractivity contribution in [2.24, 2.45) is 5.73 Å². The van der Waals surface area contributed by atoms with Gasteiger partial charge in [-0.05, 0) is 28.5 Å². The molecule has 2 aromatic heterocycles. The molecule has 2 N–H and O–H groups in total. The molecule has 0 radical (unpaired) electrons. The standard InChI is InChI=1S/C9H9N3S/c10-9(7-2-4-13-5-7)8-1-3-11-6-12-8/h1-6,9H,10H2. The van der Waals surface area contributed by atoms with Crippen LogP contribution in [0.3, 0.4) is 0 Å². The summed E-state index contributed by atoms with van der Waals surface area (Å²) in [6, 6.07) is 3.72. The fourth-order valence-electron chi connectivity index (χ4n) is 1.11. The van der Waals surface area contributed by atoms with Crippen LogP contribution in [0.5, 0.6) is 0 Å². The fraction of sp³-hybridized carbons (Fsp3) is 0.111. The minimum absolute atomic E-state index is 0.130. The van der Waals surface area contributed by atoms with Gasteiger partial charge in [0.1, 0.15) is 6.33 Å². The van der Waals surface area contributed by atoms with Crippen molar-refractivity contribution in [1.82, 2.24) is 9.97 Å². The maximum absolute atomic E-state index is 5.98. The van der Waals surface area contributed by atoms with E-state index in [4.69, 9.17) is 5.73 Å². The molecule has 2 aromatic rings. The van der Waals surface area contributed by atoms with E-state index in [1.807, 2.05) is 22.9 Å². The van der Waals surface area contributed by atoms with Crippen LogP contribution in [-0.4, -0.2) is 9.97 Å². The molecule has 13 heavy (non-hydrogen) atoms. The first-order chi connectivity index (χ1) is 6.38. The SMILES string of the molecule is NC(c1ccsc1)c1ccncn1. The molecule has 0 spiro atoms. The zero-order chi connectivity index (χ0) is 9.10. The van der Waals surface area contributed by atoms with Gasteiger partial charge in [-0.15, -0.1) is 0 Å². The van der Waals surface area contributed by atoms with Gasteiger partial charge < -0.3 is 5.73 Å². The number of hydrogen-bond acceptors (Lipinski definition) is 4. The molecule has 0 amide bonds. The lowest BCUT2D eigenvalue weighted by atomic mass is 10.1. The number of aromatic nitrogens is 2. The maximum Gasteiger partial charge on any atom is 0.115 e. The molecule has 0 saturated carbocycles. The predicted molar refractivity (Wildman–Crippen MR) is 52.4 cm³/mol. The highest BCUT2D eigenvalue weighted by atomic mass is 32.1. The monoisotopic (exact) mass is 191 g/mol. The van der Waals surface area contributed by atoms with E-state index in [1.54, 1.807) is 17.5 Å². The first kappa shape index (κ1) is 8.34. The summed E-state index contributed by atoms with van der Waals surface area (Å²) in [5.41, 5.74) is 7.93. The summed E-state index contributed by atoms with van der Waals surface area (Å²) in [6.45, 7) is 0. The predicted octanol–water partition coefficient (Wildman–Crippen LogP) is 1.59. The molecule has 4 heteroatoms. The summed E-state index contributed by atoms with van der Waals surface area (Å²) in [5, 5.41) is 4.04. The van der Waals surface area contributed by atoms with E-state index in [9.17, 15) is 0 Å². The molecule has 2 heterocycles. The van der Waals surface area contributed by atoms with Crippen LogP contribution in [0, 0.1) is 0 Å². The normalized spacial score (nSPS) is 12.7. The van der Waals surface area contributed by atoms with Gasteiger partial charge in [0.2, 0.25) is 0 Å². The van der Waals surface area contributed by atoms with Crippen LogP contribution in [-0.2, 0) is 0 Å². The Kier molecular flexibility index (Phi) is 2.33. The van der Waals surface area contributed by atoms with Crippen LogP contribution in [0.4, 0.5) is 0 Å². The van der Waals surface area contributed by atoms with Crippen LogP contribution in [0.2, 0.25) is 0 Å². The third kappa shape index (κ3) is 1.74. The molecule has 0 aliphatic carbocycles. The van der Waals surface area contributed by atoms with Gasteiger partial charge in [-0.2, -0.15) is 11.3 Å². The Morgan fingerprint density at radius 3 is 2.92 bits per heavy atom. The third-order valence-corrected chi connectivity index (χ3v) is 2.53. The van der Waals surface area contributed by atoms with E-state index in [1.165, 1.54) is 6.33 Å². The van der Waals surface area contributed by atoms with Gasteiger partial charge in [-0.3, -0.25) is 0 Å². The lowest BCUT2D eigenvalue weighted by molar-refractivity contribution is 0.824. The van der Waals surface area contributed by atoms with E-state index < -0.39 is 0 Å². The van der Waals surface area contributed by atoms with Gasteiger partial charge in [0.15, 0.2) is 0 Å². The highest BCUT2D eigenvalue weighted by Gasteiger charge is 2.09. The second-order valence-corrected chi connectivity index (χ2v) is 3.45. The molecule has 1 unspecified atom stereocenters. The molecule has 0 fully saturated rings. The Morgan fingerprint density at radius 1 is 1.38 bits per heavy atom. The second-order valence-electron chi connectivity index (χ2n) is 2.67. The minimum Gasteiger partial charge on any atom is -0.319 e. The van der Waals surface area contributed by atoms with Crippen molar-refractivity contribution in [3.05, 3.63) is 46.7 Å². The van der Waals surface area contributed by atoms with E-state index in [0.29, 0.717) is 0 Å². The summed E-state index contributed by atoms with van der Waals surface area (Å²) >= 11 is 1.64. The minimum atomic E-state index is -0.130. The molecule has 0 saturated heterocycles. The molecule has 0 aliphatic heterocycles. The zero-order valence-corrected chi connectivity index (χ0v) is 7.74. The van der Waals surface area contributed by atoms with Gasteiger partial charge >= 0.3 is 0 Å². The quantitative estimate of drug-likeness (QED) is 0.784. The first-order valence-corrected chi connectivity index (χ1v) is 4.86. The van der Waals surface area contributed by atoms with Gasteiger partial charge in [-0.25, -0.2) is 9.97 Å².